The Morgan fingerprint density at radius 2 is 2.10 bits per heavy atom. The molecule has 0 aromatic heterocycles. The quantitative estimate of drug-likeness (QED) is 0.585. The number of hydrogen-bond donors (Lipinski definition) is 2. The van der Waals surface area contributed by atoms with E-state index in [1.54, 1.807) is 27.7 Å². The lowest BCUT2D eigenvalue weighted by Crippen LogP contribution is -2.54. The molecule has 2 unspecified atom stereocenters. The van der Waals surface area contributed by atoms with Crippen molar-refractivity contribution in [3.63, 3.8) is 0 Å². The SMILES string of the molecule is CCOC(=O)C(C(=O)NC1CCCNC1=O)C(C)(C)C. The van der Waals surface area contributed by atoms with Crippen LogP contribution in [0.25, 0.3) is 0 Å². The fourth-order valence-corrected chi connectivity index (χ4v) is 2.24. The first-order chi connectivity index (χ1) is 9.27. The molecule has 1 aliphatic rings. The van der Waals surface area contributed by atoms with Crippen LogP contribution in [-0.4, -0.2) is 37.0 Å². The molecule has 0 spiro atoms. The highest BCUT2D eigenvalue weighted by atomic mass is 16.5. The summed E-state index contributed by atoms with van der Waals surface area (Å²) < 4.78 is 4.97. The average Bonchev–Trinajstić information content (AvgIpc) is 2.30. The highest BCUT2D eigenvalue weighted by molar-refractivity contribution is 6.00. The number of carbonyl (C=O) groups is 3. The van der Waals surface area contributed by atoms with E-state index in [-0.39, 0.29) is 12.5 Å². The summed E-state index contributed by atoms with van der Waals surface area (Å²) in [5.41, 5.74) is -0.568. The van der Waals surface area contributed by atoms with Gasteiger partial charge in [-0.3, -0.25) is 14.4 Å². The molecule has 0 saturated carbocycles. The van der Waals surface area contributed by atoms with E-state index in [2.05, 4.69) is 10.6 Å². The molecule has 1 heterocycles. The van der Waals surface area contributed by atoms with Crippen LogP contribution in [0, 0.1) is 11.3 Å². The van der Waals surface area contributed by atoms with Gasteiger partial charge in [0, 0.05) is 6.54 Å². The molecular formula is C14H24N2O4. The minimum absolute atomic E-state index is 0.193. The van der Waals surface area contributed by atoms with E-state index >= 15 is 0 Å². The monoisotopic (exact) mass is 284 g/mol. The van der Waals surface area contributed by atoms with E-state index in [0.29, 0.717) is 13.0 Å². The summed E-state index contributed by atoms with van der Waals surface area (Å²) in [5, 5.41) is 5.36. The van der Waals surface area contributed by atoms with Crippen LogP contribution in [0.2, 0.25) is 0 Å². The maximum Gasteiger partial charge on any atom is 0.319 e. The zero-order chi connectivity index (χ0) is 15.3. The summed E-state index contributed by atoms with van der Waals surface area (Å²) in [4.78, 5) is 36.0. The number of amides is 2. The number of esters is 1. The Balaban J connectivity index is 2.78. The number of ether oxygens (including phenoxy) is 1. The summed E-state index contributed by atoms with van der Waals surface area (Å²) in [6.45, 7) is 7.96. The lowest BCUT2D eigenvalue weighted by Gasteiger charge is -2.30. The van der Waals surface area contributed by atoms with Gasteiger partial charge in [0.15, 0.2) is 0 Å². The van der Waals surface area contributed by atoms with Crippen molar-refractivity contribution in [2.24, 2.45) is 11.3 Å². The van der Waals surface area contributed by atoms with Gasteiger partial charge in [0.1, 0.15) is 12.0 Å². The van der Waals surface area contributed by atoms with Crippen molar-refractivity contribution in [2.45, 2.75) is 46.6 Å². The smallest absolute Gasteiger partial charge is 0.319 e. The minimum Gasteiger partial charge on any atom is -0.465 e. The van der Waals surface area contributed by atoms with Crippen molar-refractivity contribution < 1.29 is 19.1 Å². The third kappa shape index (κ3) is 4.21. The molecule has 0 aliphatic carbocycles. The molecule has 20 heavy (non-hydrogen) atoms. The average molecular weight is 284 g/mol. The van der Waals surface area contributed by atoms with Crippen LogP contribution in [0.3, 0.4) is 0 Å². The lowest BCUT2D eigenvalue weighted by molar-refractivity contribution is -0.157. The zero-order valence-electron chi connectivity index (χ0n) is 12.6. The van der Waals surface area contributed by atoms with Gasteiger partial charge < -0.3 is 15.4 Å². The molecule has 6 heteroatoms. The van der Waals surface area contributed by atoms with E-state index < -0.39 is 29.3 Å². The van der Waals surface area contributed by atoms with Crippen molar-refractivity contribution in [3.8, 4) is 0 Å². The van der Waals surface area contributed by atoms with E-state index in [4.69, 9.17) is 4.74 Å². The molecule has 1 saturated heterocycles. The van der Waals surface area contributed by atoms with Gasteiger partial charge in [-0.15, -0.1) is 0 Å². The topological polar surface area (TPSA) is 84.5 Å². The first-order valence-electron chi connectivity index (χ1n) is 7.02. The van der Waals surface area contributed by atoms with Crippen molar-refractivity contribution in [1.82, 2.24) is 10.6 Å². The van der Waals surface area contributed by atoms with E-state index in [1.807, 2.05) is 0 Å². The summed E-state index contributed by atoms with van der Waals surface area (Å²) >= 11 is 0. The summed E-state index contributed by atoms with van der Waals surface area (Å²) in [7, 11) is 0. The first-order valence-corrected chi connectivity index (χ1v) is 7.02. The molecule has 1 aliphatic heterocycles. The third-order valence-electron chi connectivity index (χ3n) is 3.25. The molecule has 6 nitrogen and oxygen atoms in total. The molecule has 0 aromatic carbocycles. The Morgan fingerprint density at radius 3 is 2.60 bits per heavy atom. The van der Waals surface area contributed by atoms with Gasteiger partial charge in [-0.1, -0.05) is 20.8 Å². The maximum absolute atomic E-state index is 12.3. The second-order valence-corrected chi connectivity index (χ2v) is 6.05. The molecule has 0 aromatic rings. The number of nitrogens with one attached hydrogen (secondary N) is 2. The predicted molar refractivity (Wildman–Crippen MR) is 73.8 cm³/mol. The molecule has 114 valence electrons. The van der Waals surface area contributed by atoms with Crippen molar-refractivity contribution in [2.75, 3.05) is 13.2 Å². The maximum atomic E-state index is 12.3. The Bertz CT molecular complexity index is 387. The van der Waals surface area contributed by atoms with Gasteiger partial charge in [0.25, 0.3) is 0 Å². The van der Waals surface area contributed by atoms with Crippen LogP contribution < -0.4 is 10.6 Å². The van der Waals surface area contributed by atoms with Gasteiger partial charge in [0.2, 0.25) is 11.8 Å². The van der Waals surface area contributed by atoms with Gasteiger partial charge in [-0.2, -0.15) is 0 Å². The Morgan fingerprint density at radius 1 is 1.45 bits per heavy atom. The highest BCUT2D eigenvalue weighted by Gasteiger charge is 2.40. The van der Waals surface area contributed by atoms with E-state index in [9.17, 15) is 14.4 Å². The summed E-state index contributed by atoms with van der Waals surface area (Å²) in [6.07, 6.45) is 1.41. The Kier molecular flexibility index (Phi) is 5.53. The largest absolute Gasteiger partial charge is 0.465 e. The van der Waals surface area contributed by atoms with Crippen LogP contribution in [0.4, 0.5) is 0 Å². The van der Waals surface area contributed by atoms with E-state index in [0.717, 1.165) is 6.42 Å². The van der Waals surface area contributed by atoms with E-state index in [1.165, 1.54) is 0 Å². The highest BCUT2D eigenvalue weighted by Crippen LogP contribution is 2.27. The Labute approximate surface area is 119 Å². The van der Waals surface area contributed by atoms with Gasteiger partial charge in [-0.05, 0) is 25.2 Å². The van der Waals surface area contributed by atoms with Gasteiger partial charge in [0.05, 0.1) is 6.61 Å². The minimum atomic E-state index is -0.919. The number of piperidine rings is 1. The van der Waals surface area contributed by atoms with Crippen molar-refractivity contribution >= 4 is 17.8 Å². The molecule has 2 atom stereocenters. The lowest BCUT2D eigenvalue weighted by atomic mass is 9.80. The molecular weight excluding hydrogens is 260 g/mol. The summed E-state index contributed by atoms with van der Waals surface area (Å²) in [6, 6.07) is -0.560. The van der Waals surface area contributed by atoms with Crippen LogP contribution >= 0.6 is 0 Å². The molecule has 0 radical (unpaired) electrons. The second kappa shape index (κ2) is 6.72. The van der Waals surface area contributed by atoms with Crippen LogP contribution in [0.1, 0.15) is 40.5 Å². The zero-order valence-corrected chi connectivity index (χ0v) is 12.6. The normalized spacial score (nSPS) is 20.8. The van der Waals surface area contributed by atoms with Crippen molar-refractivity contribution in [3.05, 3.63) is 0 Å². The van der Waals surface area contributed by atoms with Crippen molar-refractivity contribution in [1.29, 1.82) is 0 Å². The second-order valence-electron chi connectivity index (χ2n) is 6.05. The van der Waals surface area contributed by atoms with Gasteiger partial charge in [-0.25, -0.2) is 0 Å². The van der Waals surface area contributed by atoms with Crippen LogP contribution in [0.15, 0.2) is 0 Å². The molecule has 1 fully saturated rings. The predicted octanol–water partition coefficient (Wildman–Crippen LogP) is 0.607. The third-order valence-corrected chi connectivity index (χ3v) is 3.25. The molecule has 0 bridgehead atoms. The fourth-order valence-electron chi connectivity index (χ4n) is 2.24. The Hall–Kier alpha value is -1.59. The summed E-state index contributed by atoms with van der Waals surface area (Å²) in [5.74, 6) is -2.11. The number of hydrogen-bond acceptors (Lipinski definition) is 4. The standard InChI is InChI=1S/C14H24N2O4/c1-5-20-13(19)10(14(2,3)4)12(18)16-9-7-6-8-15-11(9)17/h9-10H,5-8H2,1-4H3,(H,15,17)(H,16,18). The fraction of sp³-hybridized carbons (Fsp3) is 0.786. The molecule has 2 N–H and O–H groups in total. The number of carbonyl (C=O) groups excluding carboxylic acids is 3. The molecule has 2 amide bonds. The first kappa shape index (κ1) is 16.5. The number of rotatable bonds is 4. The van der Waals surface area contributed by atoms with Crippen LogP contribution in [-0.2, 0) is 19.1 Å². The molecule has 1 rings (SSSR count). The van der Waals surface area contributed by atoms with Crippen LogP contribution in [0.5, 0.6) is 0 Å². The van der Waals surface area contributed by atoms with Gasteiger partial charge >= 0.3 is 5.97 Å².